The summed E-state index contributed by atoms with van der Waals surface area (Å²) in [5, 5.41) is 0. The molecule has 0 spiro atoms. The Balaban J connectivity index is 2.83. The van der Waals surface area contributed by atoms with Crippen LogP contribution in [-0.4, -0.2) is 29.6 Å². The van der Waals surface area contributed by atoms with Gasteiger partial charge in [0.1, 0.15) is 0 Å². The molecule has 0 heterocycles. The largest absolute Gasteiger partial charge is 0.422 e. The lowest BCUT2D eigenvalue weighted by atomic mass is 10.1. The second-order valence-corrected chi connectivity index (χ2v) is 5.81. The van der Waals surface area contributed by atoms with Crippen molar-refractivity contribution < 1.29 is 9.16 Å². The molecule has 0 amide bonds. The van der Waals surface area contributed by atoms with E-state index >= 15 is 0 Å². The van der Waals surface area contributed by atoms with Gasteiger partial charge in [0, 0.05) is 6.61 Å². The minimum absolute atomic E-state index is 0.241. The average Bonchev–Trinajstić information content (AvgIpc) is 2.31. The Labute approximate surface area is 104 Å². The Bertz CT molecular complexity index is 107. The zero-order valence-electron chi connectivity index (χ0n) is 11.3. The molecule has 0 aromatic carbocycles. The highest BCUT2D eigenvalue weighted by Gasteiger charge is 1.93. The Kier molecular flexibility index (Phi) is 15.3. The zero-order valence-corrected chi connectivity index (χ0v) is 12.7. The van der Waals surface area contributed by atoms with Crippen LogP contribution in [0.15, 0.2) is 0 Å². The molecule has 0 N–H and O–H groups in total. The maximum absolute atomic E-state index is 5.59. The molecule has 0 aliphatic rings. The highest BCUT2D eigenvalue weighted by atomic mass is 28.2. The van der Waals surface area contributed by atoms with E-state index in [9.17, 15) is 0 Å². The first-order chi connectivity index (χ1) is 7.91. The van der Waals surface area contributed by atoms with Crippen molar-refractivity contribution in [3.8, 4) is 0 Å². The number of hydrogen-bond donors (Lipinski definition) is 0. The molecule has 0 unspecified atom stereocenters. The molecule has 0 saturated carbocycles. The Morgan fingerprint density at radius 2 is 1.50 bits per heavy atom. The predicted octanol–water partition coefficient (Wildman–Crippen LogP) is 3.29. The van der Waals surface area contributed by atoms with Crippen molar-refractivity contribution in [2.24, 2.45) is 0 Å². The number of ether oxygens (including phenoxy) is 1. The van der Waals surface area contributed by atoms with E-state index in [1.807, 2.05) is 6.92 Å². The SMILES string of the molecule is CCCCCCCCC[SiH2]OCCOCC. The molecule has 0 aromatic rings. The zero-order chi connectivity index (χ0) is 11.9. The van der Waals surface area contributed by atoms with Crippen LogP contribution in [0.3, 0.4) is 0 Å². The van der Waals surface area contributed by atoms with E-state index in [-0.39, 0.29) is 9.76 Å². The van der Waals surface area contributed by atoms with Gasteiger partial charge in [0.15, 0.2) is 9.76 Å². The van der Waals surface area contributed by atoms with E-state index in [4.69, 9.17) is 9.16 Å². The second kappa shape index (κ2) is 15.1. The molecule has 3 heteroatoms. The average molecular weight is 246 g/mol. The summed E-state index contributed by atoms with van der Waals surface area (Å²) in [6.07, 6.45) is 9.83. The normalized spacial score (nSPS) is 11.6. The molecule has 0 aliphatic carbocycles. The van der Waals surface area contributed by atoms with E-state index < -0.39 is 0 Å². The fraction of sp³-hybridized carbons (Fsp3) is 1.00. The van der Waals surface area contributed by atoms with Crippen LogP contribution in [0.25, 0.3) is 0 Å². The maximum atomic E-state index is 5.59. The van der Waals surface area contributed by atoms with Crippen LogP contribution < -0.4 is 0 Å². The predicted molar refractivity (Wildman–Crippen MR) is 73.8 cm³/mol. The van der Waals surface area contributed by atoms with Gasteiger partial charge in [0.25, 0.3) is 0 Å². The molecular weight excluding hydrogens is 216 g/mol. The first-order valence-electron chi connectivity index (χ1n) is 7.07. The third-order valence-corrected chi connectivity index (χ3v) is 4.08. The molecule has 0 bridgehead atoms. The van der Waals surface area contributed by atoms with E-state index in [0.717, 1.165) is 19.8 Å². The van der Waals surface area contributed by atoms with Crippen molar-refractivity contribution in [3.05, 3.63) is 0 Å². The molecule has 0 radical (unpaired) electrons. The summed E-state index contributed by atoms with van der Waals surface area (Å²) >= 11 is 0. The number of hydrogen-bond acceptors (Lipinski definition) is 2. The van der Waals surface area contributed by atoms with Crippen molar-refractivity contribution >= 4 is 9.76 Å². The number of rotatable bonds is 13. The van der Waals surface area contributed by atoms with E-state index in [1.54, 1.807) is 0 Å². The van der Waals surface area contributed by atoms with Crippen LogP contribution in [0, 0.1) is 0 Å². The standard InChI is InChI=1S/C13H30O2Si/c1-3-5-6-7-8-9-10-13-16-15-12-11-14-4-2/h3-13,16H2,1-2H3. The van der Waals surface area contributed by atoms with Crippen molar-refractivity contribution in [2.45, 2.75) is 64.8 Å². The van der Waals surface area contributed by atoms with Gasteiger partial charge >= 0.3 is 0 Å². The van der Waals surface area contributed by atoms with Crippen LogP contribution in [0.1, 0.15) is 58.8 Å². The number of unbranched alkanes of at least 4 members (excludes halogenated alkanes) is 6. The fourth-order valence-corrected chi connectivity index (χ4v) is 2.79. The molecule has 0 fully saturated rings. The van der Waals surface area contributed by atoms with Gasteiger partial charge in [-0.25, -0.2) is 0 Å². The molecular formula is C13H30O2Si. The maximum Gasteiger partial charge on any atom is 0.161 e. The third-order valence-electron chi connectivity index (χ3n) is 2.72. The Hall–Kier alpha value is 0.137. The van der Waals surface area contributed by atoms with Gasteiger partial charge in [0.2, 0.25) is 0 Å². The Morgan fingerprint density at radius 1 is 0.812 bits per heavy atom. The van der Waals surface area contributed by atoms with Gasteiger partial charge < -0.3 is 9.16 Å². The first kappa shape index (κ1) is 16.1. The summed E-state index contributed by atoms with van der Waals surface area (Å²) in [4.78, 5) is 0. The smallest absolute Gasteiger partial charge is 0.161 e. The van der Waals surface area contributed by atoms with Crippen LogP contribution >= 0.6 is 0 Å². The summed E-state index contributed by atoms with van der Waals surface area (Å²) in [7, 11) is -0.241. The molecule has 16 heavy (non-hydrogen) atoms. The van der Waals surface area contributed by atoms with E-state index in [1.165, 1.54) is 51.0 Å². The van der Waals surface area contributed by atoms with E-state index in [0.29, 0.717) is 0 Å². The molecule has 0 atom stereocenters. The first-order valence-corrected chi connectivity index (χ1v) is 8.65. The molecule has 0 aliphatic heterocycles. The van der Waals surface area contributed by atoms with Gasteiger partial charge in [-0.05, 0) is 13.0 Å². The lowest BCUT2D eigenvalue weighted by molar-refractivity contribution is 0.112. The highest BCUT2D eigenvalue weighted by molar-refractivity contribution is 6.26. The lowest BCUT2D eigenvalue weighted by Gasteiger charge is -2.04. The second-order valence-electron chi connectivity index (χ2n) is 4.28. The summed E-state index contributed by atoms with van der Waals surface area (Å²) in [5.41, 5.74) is 0. The van der Waals surface area contributed by atoms with Crippen molar-refractivity contribution in [2.75, 3.05) is 19.8 Å². The van der Waals surface area contributed by atoms with Gasteiger partial charge in [-0.3, -0.25) is 0 Å². The summed E-state index contributed by atoms with van der Waals surface area (Å²) in [6, 6.07) is 1.35. The molecule has 0 aromatic heterocycles. The van der Waals surface area contributed by atoms with Gasteiger partial charge in [0.05, 0.1) is 13.2 Å². The van der Waals surface area contributed by atoms with E-state index in [2.05, 4.69) is 6.92 Å². The van der Waals surface area contributed by atoms with Crippen molar-refractivity contribution in [1.82, 2.24) is 0 Å². The molecule has 0 rings (SSSR count). The van der Waals surface area contributed by atoms with Gasteiger partial charge in [-0.2, -0.15) is 0 Å². The fourth-order valence-electron chi connectivity index (χ4n) is 1.70. The quantitative estimate of drug-likeness (QED) is 0.367. The minimum atomic E-state index is -0.241. The molecule has 98 valence electrons. The van der Waals surface area contributed by atoms with Crippen LogP contribution in [-0.2, 0) is 9.16 Å². The summed E-state index contributed by atoms with van der Waals surface area (Å²) < 4.78 is 10.8. The lowest BCUT2D eigenvalue weighted by Crippen LogP contribution is -2.06. The monoisotopic (exact) mass is 246 g/mol. The van der Waals surface area contributed by atoms with Gasteiger partial charge in [-0.1, -0.05) is 51.9 Å². The van der Waals surface area contributed by atoms with Crippen molar-refractivity contribution in [1.29, 1.82) is 0 Å². The topological polar surface area (TPSA) is 18.5 Å². The van der Waals surface area contributed by atoms with Crippen LogP contribution in [0.4, 0.5) is 0 Å². The Morgan fingerprint density at radius 3 is 2.19 bits per heavy atom. The van der Waals surface area contributed by atoms with Crippen molar-refractivity contribution in [3.63, 3.8) is 0 Å². The summed E-state index contributed by atoms with van der Waals surface area (Å²) in [5.74, 6) is 0. The minimum Gasteiger partial charge on any atom is -0.422 e. The van der Waals surface area contributed by atoms with Crippen LogP contribution in [0.5, 0.6) is 0 Å². The summed E-state index contributed by atoms with van der Waals surface area (Å²) in [6.45, 7) is 6.70. The highest BCUT2D eigenvalue weighted by Crippen LogP contribution is 2.08. The third kappa shape index (κ3) is 14.1. The van der Waals surface area contributed by atoms with Gasteiger partial charge in [-0.15, -0.1) is 0 Å². The van der Waals surface area contributed by atoms with Crippen LogP contribution in [0.2, 0.25) is 6.04 Å². The molecule has 2 nitrogen and oxygen atoms in total. The molecule has 0 saturated heterocycles.